The van der Waals surface area contributed by atoms with E-state index in [2.05, 4.69) is 6.08 Å². The maximum Gasteiger partial charge on any atom is 0.0518 e. The molecular formula is C14H23Cl. The van der Waals surface area contributed by atoms with Crippen LogP contribution in [0.15, 0.2) is 11.6 Å². The molecule has 0 aromatic heterocycles. The summed E-state index contributed by atoms with van der Waals surface area (Å²) in [6.45, 7) is 0. The van der Waals surface area contributed by atoms with E-state index in [9.17, 15) is 0 Å². The van der Waals surface area contributed by atoms with Gasteiger partial charge < -0.3 is 0 Å². The highest BCUT2D eigenvalue weighted by Gasteiger charge is 2.19. The predicted molar refractivity (Wildman–Crippen MR) is 67.4 cm³/mol. The number of rotatable bonds is 1. The summed E-state index contributed by atoms with van der Waals surface area (Å²) in [6, 6.07) is 0. The molecule has 0 nitrogen and oxygen atoms in total. The van der Waals surface area contributed by atoms with Crippen LogP contribution in [0.25, 0.3) is 0 Å². The van der Waals surface area contributed by atoms with Gasteiger partial charge in [-0.25, -0.2) is 0 Å². The highest BCUT2D eigenvalue weighted by molar-refractivity contribution is 6.21. The van der Waals surface area contributed by atoms with Gasteiger partial charge >= 0.3 is 0 Å². The van der Waals surface area contributed by atoms with Crippen LogP contribution in [-0.2, 0) is 0 Å². The monoisotopic (exact) mass is 226 g/mol. The standard InChI is InChI=1S/C14H23Cl/c15-14-10-6-5-9-13(11-14)12-7-3-1-2-4-8-12/h11-12,14H,1-10H2. The Bertz CT molecular complexity index is 211. The van der Waals surface area contributed by atoms with E-state index >= 15 is 0 Å². The first-order valence-electron chi connectivity index (χ1n) is 6.71. The van der Waals surface area contributed by atoms with Gasteiger partial charge in [0.2, 0.25) is 0 Å². The Kier molecular flexibility index (Phi) is 4.56. The molecule has 0 spiro atoms. The van der Waals surface area contributed by atoms with E-state index in [-0.39, 0.29) is 0 Å². The summed E-state index contributed by atoms with van der Waals surface area (Å²) in [7, 11) is 0. The molecule has 1 atom stereocenters. The predicted octanol–water partition coefficient (Wildman–Crippen LogP) is 5.06. The molecule has 0 N–H and O–H groups in total. The molecule has 15 heavy (non-hydrogen) atoms. The highest BCUT2D eigenvalue weighted by Crippen LogP contribution is 2.34. The van der Waals surface area contributed by atoms with Crippen molar-refractivity contribution < 1.29 is 0 Å². The molecule has 0 aromatic carbocycles. The van der Waals surface area contributed by atoms with Gasteiger partial charge in [0.15, 0.2) is 0 Å². The van der Waals surface area contributed by atoms with Gasteiger partial charge in [-0.05, 0) is 38.0 Å². The second kappa shape index (κ2) is 5.94. The number of halogens is 1. The second-order valence-corrected chi connectivity index (χ2v) is 5.75. The molecule has 0 amide bonds. The molecule has 0 aromatic rings. The highest BCUT2D eigenvalue weighted by atomic mass is 35.5. The second-order valence-electron chi connectivity index (χ2n) is 5.19. The van der Waals surface area contributed by atoms with Gasteiger partial charge in [-0.2, -0.15) is 0 Å². The van der Waals surface area contributed by atoms with Gasteiger partial charge in [0.1, 0.15) is 0 Å². The third-order valence-electron chi connectivity index (χ3n) is 3.97. The van der Waals surface area contributed by atoms with Crippen LogP contribution in [0.1, 0.15) is 64.2 Å². The third kappa shape index (κ3) is 3.52. The van der Waals surface area contributed by atoms with Crippen LogP contribution >= 0.6 is 11.6 Å². The smallest absolute Gasteiger partial charge is 0.0518 e. The Hall–Kier alpha value is 0.0300. The first kappa shape index (κ1) is 11.5. The summed E-state index contributed by atoms with van der Waals surface area (Å²) >= 11 is 6.30. The molecule has 1 fully saturated rings. The number of alkyl halides is 1. The lowest BCUT2D eigenvalue weighted by atomic mass is 9.88. The molecule has 1 unspecified atom stereocenters. The quantitative estimate of drug-likeness (QED) is 0.333. The fourth-order valence-corrected chi connectivity index (χ4v) is 3.37. The summed E-state index contributed by atoms with van der Waals surface area (Å²) in [5.74, 6) is 0.881. The normalized spacial score (nSPS) is 30.5. The summed E-state index contributed by atoms with van der Waals surface area (Å²) < 4.78 is 0. The van der Waals surface area contributed by atoms with Gasteiger partial charge in [0.25, 0.3) is 0 Å². The molecule has 86 valence electrons. The van der Waals surface area contributed by atoms with Crippen LogP contribution in [0, 0.1) is 5.92 Å². The minimum atomic E-state index is 0.325. The first-order chi connectivity index (χ1) is 7.36. The van der Waals surface area contributed by atoms with Gasteiger partial charge in [-0.1, -0.05) is 43.8 Å². The zero-order valence-electron chi connectivity index (χ0n) is 9.68. The minimum absolute atomic E-state index is 0.325. The van der Waals surface area contributed by atoms with Crippen molar-refractivity contribution in [2.45, 2.75) is 69.6 Å². The molecule has 1 saturated carbocycles. The number of hydrogen-bond donors (Lipinski definition) is 0. The van der Waals surface area contributed by atoms with Crippen molar-refractivity contribution in [1.82, 2.24) is 0 Å². The van der Waals surface area contributed by atoms with Crippen molar-refractivity contribution in [2.24, 2.45) is 5.92 Å². The molecule has 0 saturated heterocycles. The van der Waals surface area contributed by atoms with E-state index in [1.165, 1.54) is 64.2 Å². The Morgan fingerprint density at radius 2 is 1.53 bits per heavy atom. The van der Waals surface area contributed by atoms with Crippen molar-refractivity contribution >= 4 is 11.6 Å². The summed E-state index contributed by atoms with van der Waals surface area (Å²) in [6.07, 6.45) is 16.2. The zero-order chi connectivity index (χ0) is 10.5. The van der Waals surface area contributed by atoms with E-state index in [4.69, 9.17) is 11.6 Å². The minimum Gasteiger partial charge on any atom is -0.118 e. The maximum absolute atomic E-state index is 6.30. The van der Waals surface area contributed by atoms with E-state index in [1.54, 1.807) is 5.57 Å². The van der Waals surface area contributed by atoms with Gasteiger partial charge in [0.05, 0.1) is 5.38 Å². The molecule has 0 aliphatic heterocycles. The van der Waals surface area contributed by atoms with Crippen molar-refractivity contribution in [2.75, 3.05) is 0 Å². The van der Waals surface area contributed by atoms with Gasteiger partial charge in [-0.3, -0.25) is 0 Å². The Morgan fingerprint density at radius 1 is 0.867 bits per heavy atom. The SMILES string of the molecule is ClC1C=C(C2CCCCCC2)CCCC1. The summed E-state index contributed by atoms with van der Waals surface area (Å²) in [5, 5.41) is 0.325. The Labute approximate surface area is 99.1 Å². The Morgan fingerprint density at radius 3 is 2.27 bits per heavy atom. The number of hydrogen-bond acceptors (Lipinski definition) is 0. The lowest BCUT2D eigenvalue weighted by Gasteiger charge is -2.18. The van der Waals surface area contributed by atoms with E-state index < -0.39 is 0 Å². The zero-order valence-corrected chi connectivity index (χ0v) is 10.4. The van der Waals surface area contributed by atoms with E-state index in [0.29, 0.717) is 5.38 Å². The van der Waals surface area contributed by atoms with Crippen LogP contribution in [0.2, 0.25) is 0 Å². The molecule has 2 rings (SSSR count). The Balaban J connectivity index is 1.99. The van der Waals surface area contributed by atoms with Gasteiger partial charge in [-0.15, -0.1) is 11.6 Å². The third-order valence-corrected chi connectivity index (χ3v) is 4.31. The fourth-order valence-electron chi connectivity index (χ4n) is 3.06. The summed E-state index contributed by atoms with van der Waals surface area (Å²) in [4.78, 5) is 0. The molecule has 0 radical (unpaired) electrons. The average Bonchev–Trinajstić information content (AvgIpc) is 2.59. The molecule has 2 aliphatic rings. The number of allylic oxidation sites excluding steroid dienone is 2. The molecule has 2 aliphatic carbocycles. The van der Waals surface area contributed by atoms with Crippen LogP contribution < -0.4 is 0 Å². The van der Waals surface area contributed by atoms with Crippen LogP contribution in [0.5, 0.6) is 0 Å². The lowest BCUT2D eigenvalue weighted by molar-refractivity contribution is 0.508. The molecule has 0 heterocycles. The van der Waals surface area contributed by atoms with Crippen molar-refractivity contribution in [3.8, 4) is 0 Å². The molecular weight excluding hydrogens is 204 g/mol. The topological polar surface area (TPSA) is 0 Å². The van der Waals surface area contributed by atoms with Crippen molar-refractivity contribution in [1.29, 1.82) is 0 Å². The van der Waals surface area contributed by atoms with Crippen molar-refractivity contribution in [3.05, 3.63) is 11.6 Å². The van der Waals surface area contributed by atoms with Crippen LogP contribution in [-0.4, -0.2) is 5.38 Å². The average molecular weight is 227 g/mol. The maximum atomic E-state index is 6.30. The van der Waals surface area contributed by atoms with Crippen molar-refractivity contribution in [3.63, 3.8) is 0 Å². The molecule has 1 heteroatoms. The van der Waals surface area contributed by atoms with Crippen LogP contribution in [0.3, 0.4) is 0 Å². The molecule has 0 bridgehead atoms. The largest absolute Gasteiger partial charge is 0.118 e. The van der Waals surface area contributed by atoms with Gasteiger partial charge in [0, 0.05) is 0 Å². The fraction of sp³-hybridized carbons (Fsp3) is 0.857. The first-order valence-corrected chi connectivity index (χ1v) is 7.14. The van der Waals surface area contributed by atoms with E-state index in [1.807, 2.05) is 0 Å². The van der Waals surface area contributed by atoms with E-state index in [0.717, 1.165) is 5.92 Å². The lowest BCUT2D eigenvalue weighted by Crippen LogP contribution is -2.04. The summed E-state index contributed by atoms with van der Waals surface area (Å²) in [5.41, 5.74) is 1.70. The van der Waals surface area contributed by atoms with Crippen LogP contribution in [0.4, 0.5) is 0 Å².